The SMILES string of the molecule is Brc1ccc(-c2ccc(N(c3ccc4ccccc4c3)c3cccc4ccccc34)c3ccccc23)c2ccccc12. The van der Waals surface area contributed by atoms with Crippen molar-refractivity contribution >= 4 is 76.1 Å². The molecule has 0 unspecified atom stereocenters. The zero-order valence-electron chi connectivity index (χ0n) is 22.8. The second-order valence-electron chi connectivity index (χ2n) is 10.7. The molecule has 198 valence electrons. The van der Waals surface area contributed by atoms with Crippen LogP contribution >= 0.6 is 15.9 Å². The van der Waals surface area contributed by atoms with Crippen molar-refractivity contribution in [3.8, 4) is 11.1 Å². The molecule has 0 saturated heterocycles. The van der Waals surface area contributed by atoms with Gasteiger partial charge in [0, 0.05) is 20.9 Å². The van der Waals surface area contributed by atoms with Crippen LogP contribution in [0.5, 0.6) is 0 Å². The molecular weight excluding hydrogens is 574 g/mol. The average Bonchev–Trinajstić information content (AvgIpc) is 3.05. The summed E-state index contributed by atoms with van der Waals surface area (Å²) in [5, 5.41) is 9.81. The summed E-state index contributed by atoms with van der Waals surface area (Å²) in [6, 6.07) is 57.0. The standard InChI is InChI=1S/C40H26BrN/c41-38-24-22-34(32-15-5-7-17-36(32)38)35-23-25-40(37-18-8-6-16-33(35)37)42(30-21-20-27-10-1-2-12-29(27)26-30)39-19-9-13-28-11-3-4-14-31(28)39/h1-26H. The summed E-state index contributed by atoms with van der Waals surface area (Å²) in [5.74, 6) is 0. The largest absolute Gasteiger partial charge is 0.309 e. The third kappa shape index (κ3) is 4.07. The summed E-state index contributed by atoms with van der Waals surface area (Å²) in [5.41, 5.74) is 5.92. The molecule has 0 aliphatic heterocycles. The number of rotatable bonds is 4. The van der Waals surface area contributed by atoms with Crippen molar-refractivity contribution in [1.29, 1.82) is 0 Å². The highest BCUT2D eigenvalue weighted by atomic mass is 79.9. The van der Waals surface area contributed by atoms with E-state index < -0.39 is 0 Å². The van der Waals surface area contributed by atoms with Gasteiger partial charge in [0.2, 0.25) is 0 Å². The maximum absolute atomic E-state index is 3.77. The fourth-order valence-corrected chi connectivity index (χ4v) is 6.82. The first kappa shape index (κ1) is 24.8. The van der Waals surface area contributed by atoms with Crippen molar-refractivity contribution in [2.45, 2.75) is 0 Å². The second-order valence-corrected chi connectivity index (χ2v) is 11.5. The summed E-state index contributed by atoms with van der Waals surface area (Å²) in [6.45, 7) is 0. The molecule has 0 heterocycles. The van der Waals surface area contributed by atoms with E-state index in [-0.39, 0.29) is 0 Å². The minimum atomic E-state index is 1.11. The Hall–Kier alpha value is -4.92. The van der Waals surface area contributed by atoms with Crippen molar-refractivity contribution < 1.29 is 0 Å². The maximum atomic E-state index is 3.77. The number of hydrogen-bond acceptors (Lipinski definition) is 1. The lowest BCUT2D eigenvalue weighted by atomic mass is 9.92. The Bertz CT molecular complexity index is 2280. The summed E-state index contributed by atoms with van der Waals surface area (Å²) in [4.78, 5) is 2.43. The third-order valence-electron chi connectivity index (χ3n) is 8.30. The van der Waals surface area contributed by atoms with Crippen LogP contribution in [0.1, 0.15) is 0 Å². The Balaban J connectivity index is 1.43. The Morgan fingerprint density at radius 3 is 1.69 bits per heavy atom. The van der Waals surface area contributed by atoms with Crippen LogP contribution in [0.15, 0.2) is 162 Å². The first-order chi connectivity index (χ1) is 20.8. The van der Waals surface area contributed by atoms with Crippen molar-refractivity contribution in [3.05, 3.63) is 162 Å². The lowest BCUT2D eigenvalue weighted by Crippen LogP contribution is -2.11. The van der Waals surface area contributed by atoms with Gasteiger partial charge in [0.25, 0.3) is 0 Å². The van der Waals surface area contributed by atoms with E-state index in [4.69, 9.17) is 0 Å². The Kier molecular flexibility index (Phi) is 6.01. The molecule has 0 aliphatic rings. The number of fused-ring (bicyclic) bond motifs is 4. The smallest absolute Gasteiger partial charge is 0.0540 e. The van der Waals surface area contributed by atoms with Crippen molar-refractivity contribution in [1.82, 2.24) is 0 Å². The highest BCUT2D eigenvalue weighted by molar-refractivity contribution is 9.10. The lowest BCUT2D eigenvalue weighted by Gasteiger charge is -2.29. The van der Waals surface area contributed by atoms with E-state index in [9.17, 15) is 0 Å². The molecule has 0 radical (unpaired) electrons. The molecule has 0 N–H and O–H groups in total. The number of nitrogens with zero attached hydrogens (tertiary/aromatic N) is 1. The van der Waals surface area contributed by atoms with Gasteiger partial charge in [-0.1, -0.05) is 143 Å². The quantitative estimate of drug-likeness (QED) is 0.194. The molecule has 8 aromatic carbocycles. The van der Waals surface area contributed by atoms with Crippen LogP contribution in [0.3, 0.4) is 0 Å². The molecule has 0 saturated carbocycles. The van der Waals surface area contributed by atoms with E-state index in [2.05, 4.69) is 179 Å². The fraction of sp³-hybridized carbons (Fsp3) is 0. The van der Waals surface area contributed by atoms with Crippen molar-refractivity contribution in [2.24, 2.45) is 0 Å². The second kappa shape index (κ2) is 10.2. The van der Waals surface area contributed by atoms with Gasteiger partial charge in [-0.3, -0.25) is 0 Å². The molecule has 8 aromatic rings. The van der Waals surface area contributed by atoms with Crippen LogP contribution in [-0.2, 0) is 0 Å². The number of anilines is 3. The molecule has 8 rings (SSSR count). The van der Waals surface area contributed by atoms with Crippen LogP contribution in [0, 0.1) is 0 Å². The summed E-state index contributed by atoms with van der Waals surface area (Å²) in [6.07, 6.45) is 0. The van der Waals surface area contributed by atoms with Gasteiger partial charge in [0.15, 0.2) is 0 Å². The van der Waals surface area contributed by atoms with Gasteiger partial charge in [0.1, 0.15) is 0 Å². The van der Waals surface area contributed by atoms with E-state index >= 15 is 0 Å². The molecule has 42 heavy (non-hydrogen) atoms. The van der Waals surface area contributed by atoms with Gasteiger partial charge in [0.05, 0.1) is 11.4 Å². The van der Waals surface area contributed by atoms with Gasteiger partial charge >= 0.3 is 0 Å². The van der Waals surface area contributed by atoms with E-state index in [0.29, 0.717) is 0 Å². The zero-order valence-corrected chi connectivity index (χ0v) is 24.4. The van der Waals surface area contributed by atoms with Gasteiger partial charge < -0.3 is 4.90 Å². The summed E-state index contributed by atoms with van der Waals surface area (Å²) in [7, 11) is 0. The van der Waals surface area contributed by atoms with Crippen LogP contribution in [0.25, 0.3) is 54.2 Å². The maximum Gasteiger partial charge on any atom is 0.0540 e. The normalized spacial score (nSPS) is 11.5. The molecular formula is C40H26BrN. The van der Waals surface area contributed by atoms with Gasteiger partial charge in [-0.25, -0.2) is 0 Å². The summed E-state index contributed by atoms with van der Waals surface area (Å²) < 4.78 is 1.11. The minimum absolute atomic E-state index is 1.11. The zero-order chi connectivity index (χ0) is 28.0. The van der Waals surface area contributed by atoms with E-state index in [1.165, 1.54) is 54.2 Å². The van der Waals surface area contributed by atoms with Gasteiger partial charge in [-0.15, -0.1) is 0 Å². The van der Waals surface area contributed by atoms with Crippen LogP contribution < -0.4 is 4.90 Å². The topological polar surface area (TPSA) is 3.24 Å². The van der Waals surface area contributed by atoms with Crippen LogP contribution in [0.4, 0.5) is 17.1 Å². The molecule has 0 aliphatic carbocycles. The van der Waals surface area contributed by atoms with Crippen molar-refractivity contribution in [3.63, 3.8) is 0 Å². The lowest BCUT2D eigenvalue weighted by molar-refractivity contribution is 1.32. The molecule has 0 aromatic heterocycles. The highest BCUT2D eigenvalue weighted by Crippen LogP contribution is 2.45. The third-order valence-corrected chi connectivity index (χ3v) is 8.99. The monoisotopic (exact) mass is 599 g/mol. The van der Waals surface area contributed by atoms with Gasteiger partial charge in [-0.2, -0.15) is 0 Å². The number of benzene rings is 8. The molecule has 0 atom stereocenters. The molecule has 0 bridgehead atoms. The predicted molar refractivity (Wildman–Crippen MR) is 184 cm³/mol. The first-order valence-corrected chi connectivity index (χ1v) is 15.0. The van der Waals surface area contributed by atoms with E-state index in [0.717, 1.165) is 21.5 Å². The number of halogens is 1. The van der Waals surface area contributed by atoms with Crippen molar-refractivity contribution in [2.75, 3.05) is 4.90 Å². The van der Waals surface area contributed by atoms with Crippen LogP contribution in [-0.4, -0.2) is 0 Å². The Morgan fingerprint density at radius 1 is 0.357 bits per heavy atom. The molecule has 1 nitrogen and oxygen atoms in total. The Labute approximate surface area is 253 Å². The Morgan fingerprint density at radius 2 is 0.905 bits per heavy atom. The summed E-state index contributed by atoms with van der Waals surface area (Å²) >= 11 is 3.77. The molecule has 0 fully saturated rings. The highest BCUT2D eigenvalue weighted by Gasteiger charge is 2.20. The first-order valence-electron chi connectivity index (χ1n) is 14.2. The minimum Gasteiger partial charge on any atom is -0.309 e. The molecule has 0 amide bonds. The van der Waals surface area contributed by atoms with E-state index in [1.807, 2.05) is 0 Å². The van der Waals surface area contributed by atoms with Gasteiger partial charge in [-0.05, 0) is 73.8 Å². The molecule has 2 heteroatoms. The molecule has 0 spiro atoms. The fourth-order valence-electron chi connectivity index (χ4n) is 6.34. The van der Waals surface area contributed by atoms with E-state index in [1.54, 1.807) is 0 Å². The predicted octanol–water partition coefficient (Wildman–Crippen LogP) is 12.2. The number of hydrogen-bond donors (Lipinski definition) is 0. The average molecular weight is 601 g/mol. The van der Waals surface area contributed by atoms with Crippen LogP contribution in [0.2, 0.25) is 0 Å².